The van der Waals surface area contributed by atoms with Crippen LogP contribution in [0.4, 0.5) is 10.5 Å². The number of ketones is 1. The predicted molar refractivity (Wildman–Crippen MR) is 67.3 cm³/mol. The molecule has 96 valence electrons. The molecule has 0 aromatic heterocycles. The number of primary amides is 1. The Labute approximate surface area is 105 Å². The van der Waals surface area contributed by atoms with Gasteiger partial charge in [-0.2, -0.15) is 0 Å². The predicted octanol–water partition coefficient (Wildman–Crippen LogP) is 0.884. The molecule has 6 nitrogen and oxygen atoms in total. The molecule has 1 aromatic carbocycles. The zero-order chi connectivity index (χ0) is 13.7. The highest BCUT2D eigenvalue weighted by molar-refractivity contribution is 5.96. The maximum Gasteiger partial charge on any atom is 0.319 e. The lowest BCUT2D eigenvalue weighted by Gasteiger charge is -2.11. The maximum absolute atomic E-state index is 11.4. The molecule has 18 heavy (non-hydrogen) atoms. The number of nitrogens with two attached hydrogens (primary N) is 1. The maximum atomic E-state index is 11.4. The Hall–Kier alpha value is -2.37. The summed E-state index contributed by atoms with van der Waals surface area (Å²) in [4.78, 5) is 33.2. The smallest absolute Gasteiger partial charge is 0.319 e. The van der Waals surface area contributed by atoms with Gasteiger partial charge in [-0.05, 0) is 38.1 Å². The second kappa shape index (κ2) is 5.81. The van der Waals surface area contributed by atoms with Gasteiger partial charge in [0.25, 0.3) is 0 Å². The summed E-state index contributed by atoms with van der Waals surface area (Å²) in [7, 11) is 0. The third-order valence-electron chi connectivity index (χ3n) is 2.32. The zero-order valence-corrected chi connectivity index (χ0v) is 10.2. The molecule has 0 saturated carbocycles. The Morgan fingerprint density at radius 1 is 1.17 bits per heavy atom. The topological polar surface area (TPSA) is 101 Å². The molecule has 1 atom stereocenters. The minimum absolute atomic E-state index is 0.0478. The van der Waals surface area contributed by atoms with E-state index in [0.717, 1.165) is 0 Å². The van der Waals surface area contributed by atoms with Crippen molar-refractivity contribution in [2.45, 2.75) is 19.9 Å². The minimum atomic E-state index is -0.749. The Morgan fingerprint density at radius 3 is 2.17 bits per heavy atom. The van der Waals surface area contributed by atoms with E-state index in [9.17, 15) is 14.4 Å². The van der Waals surface area contributed by atoms with E-state index in [1.165, 1.54) is 13.8 Å². The van der Waals surface area contributed by atoms with Crippen LogP contribution in [0.2, 0.25) is 0 Å². The number of anilines is 1. The Kier molecular flexibility index (Phi) is 4.42. The summed E-state index contributed by atoms with van der Waals surface area (Å²) in [6.07, 6.45) is 0. The van der Waals surface area contributed by atoms with Crippen LogP contribution in [0.1, 0.15) is 24.2 Å². The van der Waals surface area contributed by atoms with Crippen molar-refractivity contribution in [2.75, 3.05) is 5.32 Å². The fraction of sp³-hybridized carbons (Fsp3) is 0.250. The van der Waals surface area contributed by atoms with E-state index in [1.807, 2.05) is 0 Å². The number of hydrogen-bond donors (Lipinski definition) is 3. The van der Waals surface area contributed by atoms with E-state index < -0.39 is 18.0 Å². The van der Waals surface area contributed by atoms with Crippen molar-refractivity contribution in [1.29, 1.82) is 0 Å². The van der Waals surface area contributed by atoms with Gasteiger partial charge in [-0.15, -0.1) is 0 Å². The lowest BCUT2D eigenvalue weighted by molar-refractivity contribution is -0.119. The number of hydrogen-bond acceptors (Lipinski definition) is 3. The van der Waals surface area contributed by atoms with Crippen LogP contribution in [-0.4, -0.2) is 23.8 Å². The number of benzene rings is 1. The van der Waals surface area contributed by atoms with Crippen molar-refractivity contribution in [1.82, 2.24) is 5.32 Å². The van der Waals surface area contributed by atoms with Gasteiger partial charge in [0, 0.05) is 11.3 Å². The highest BCUT2D eigenvalue weighted by Gasteiger charge is 2.11. The van der Waals surface area contributed by atoms with E-state index >= 15 is 0 Å². The lowest BCUT2D eigenvalue weighted by Crippen LogP contribution is -2.44. The summed E-state index contributed by atoms with van der Waals surface area (Å²) >= 11 is 0. The van der Waals surface area contributed by atoms with Crippen molar-refractivity contribution in [3.8, 4) is 0 Å². The average molecular weight is 249 g/mol. The number of rotatable bonds is 4. The summed E-state index contributed by atoms with van der Waals surface area (Å²) in [5.41, 5.74) is 6.10. The molecule has 0 fully saturated rings. The molecule has 0 saturated heterocycles. The zero-order valence-electron chi connectivity index (χ0n) is 10.2. The van der Waals surface area contributed by atoms with Gasteiger partial charge in [0.15, 0.2) is 5.78 Å². The molecule has 1 unspecified atom stereocenters. The van der Waals surface area contributed by atoms with E-state index in [4.69, 9.17) is 5.73 Å². The van der Waals surface area contributed by atoms with E-state index in [-0.39, 0.29) is 5.78 Å². The minimum Gasteiger partial charge on any atom is -0.368 e. The highest BCUT2D eigenvalue weighted by Crippen LogP contribution is 2.09. The summed E-state index contributed by atoms with van der Waals surface area (Å²) in [5, 5.41) is 4.90. The van der Waals surface area contributed by atoms with Gasteiger partial charge in [0.2, 0.25) is 5.91 Å². The molecule has 4 N–H and O–H groups in total. The molecule has 0 bridgehead atoms. The first kappa shape index (κ1) is 13.7. The highest BCUT2D eigenvalue weighted by atomic mass is 16.2. The average Bonchev–Trinajstić information content (AvgIpc) is 2.29. The van der Waals surface area contributed by atoms with Crippen molar-refractivity contribution in [3.05, 3.63) is 29.8 Å². The normalized spacial score (nSPS) is 11.4. The Morgan fingerprint density at radius 2 is 1.72 bits per heavy atom. The molecule has 3 amide bonds. The first-order valence-corrected chi connectivity index (χ1v) is 5.38. The second-order valence-electron chi connectivity index (χ2n) is 3.86. The van der Waals surface area contributed by atoms with Crippen LogP contribution in [0.15, 0.2) is 24.3 Å². The molecule has 1 aromatic rings. The SMILES string of the molecule is CC(=O)c1ccc(NC(=O)NC(C)C(N)=O)cc1. The molecule has 0 heterocycles. The largest absolute Gasteiger partial charge is 0.368 e. The van der Waals surface area contributed by atoms with E-state index in [0.29, 0.717) is 11.3 Å². The van der Waals surface area contributed by atoms with Crippen molar-refractivity contribution < 1.29 is 14.4 Å². The first-order valence-electron chi connectivity index (χ1n) is 5.38. The molecule has 0 spiro atoms. The number of carbonyl (C=O) groups is 3. The second-order valence-corrected chi connectivity index (χ2v) is 3.86. The number of Topliss-reactive ketones (excluding diaryl/α,β-unsaturated/α-hetero) is 1. The monoisotopic (exact) mass is 249 g/mol. The standard InChI is InChI=1S/C12H15N3O3/c1-7(11(13)17)14-12(18)15-10-5-3-9(4-6-10)8(2)16/h3-7H,1-2H3,(H2,13,17)(H2,14,15,18). The molecular formula is C12H15N3O3. The number of nitrogens with one attached hydrogen (secondary N) is 2. The quantitative estimate of drug-likeness (QED) is 0.690. The van der Waals surface area contributed by atoms with Crippen LogP contribution < -0.4 is 16.4 Å². The van der Waals surface area contributed by atoms with Crippen LogP contribution in [0.25, 0.3) is 0 Å². The van der Waals surface area contributed by atoms with Gasteiger partial charge in [0.1, 0.15) is 6.04 Å². The molecule has 6 heteroatoms. The fourth-order valence-electron chi connectivity index (χ4n) is 1.22. The molecule has 1 rings (SSSR count). The van der Waals surface area contributed by atoms with E-state index in [1.54, 1.807) is 24.3 Å². The Balaban J connectivity index is 2.60. The third-order valence-corrected chi connectivity index (χ3v) is 2.32. The number of urea groups is 1. The van der Waals surface area contributed by atoms with Gasteiger partial charge in [-0.1, -0.05) is 0 Å². The van der Waals surface area contributed by atoms with Gasteiger partial charge >= 0.3 is 6.03 Å². The molecule has 0 aliphatic heterocycles. The molecule has 0 aliphatic rings. The summed E-state index contributed by atoms with van der Waals surface area (Å²) < 4.78 is 0. The van der Waals surface area contributed by atoms with Crippen LogP contribution in [-0.2, 0) is 4.79 Å². The van der Waals surface area contributed by atoms with Gasteiger partial charge in [0.05, 0.1) is 0 Å². The summed E-state index contributed by atoms with van der Waals surface area (Å²) in [5.74, 6) is -0.662. The van der Waals surface area contributed by atoms with Crippen LogP contribution in [0.5, 0.6) is 0 Å². The van der Waals surface area contributed by atoms with Crippen LogP contribution >= 0.6 is 0 Å². The first-order chi connectivity index (χ1) is 8.40. The van der Waals surface area contributed by atoms with Crippen LogP contribution in [0.3, 0.4) is 0 Å². The third kappa shape index (κ3) is 3.89. The summed E-state index contributed by atoms with van der Waals surface area (Å²) in [6.45, 7) is 2.95. The molecular weight excluding hydrogens is 234 g/mol. The number of carbonyl (C=O) groups excluding carboxylic acids is 3. The number of amides is 3. The molecule has 0 aliphatic carbocycles. The van der Waals surface area contributed by atoms with Crippen LogP contribution in [0, 0.1) is 0 Å². The van der Waals surface area contributed by atoms with Gasteiger partial charge in [-0.3, -0.25) is 9.59 Å². The summed E-state index contributed by atoms with van der Waals surface area (Å²) in [6, 6.07) is 5.14. The molecule has 0 radical (unpaired) electrons. The van der Waals surface area contributed by atoms with E-state index in [2.05, 4.69) is 10.6 Å². The van der Waals surface area contributed by atoms with Crippen molar-refractivity contribution in [2.24, 2.45) is 5.73 Å². The van der Waals surface area contributed by atoms with Gasteiger partial charge in [-0.25, -0.2) is 4.79 Å². The van der Waals surface area contributed by atoms with Crippen molar-refractivity contribution >= 4 is 23.4 Å². The fourth-order valence-corrected chi connectivity index (χ4v) is 1.22. The van der Waals surface area contributed by atoms with Gasteiger partial charge < -0.3 is 16.4 Å². The lowest BCUT2D eigenvalue weighted by atomic mass is 10.1. The Bertz CT molecular complexity index is 468. The van der Waals surface area contributed by atoms with Crippen molar-refractivity contribution in [3.63, 3.8) is 0 Å².